The number of anilines is 1. The first kappa shape index (κ1) is 18.5. The van der Waals surface area contributed by atoms with Crippen LogP contribution in [0.5, 0.6) is 0 Å². The van der Waals surface area contributed by atoms with Gasteiger partial charge in [0, 0.05) is 17.9 Å². The topological polar surface area (TPSA) is 60.3 Å². The SMILES string of the molecule is C=CCn1c(C)c(C(=O)Nc2ccc(C)cc2)c(C)c1C(=O)OCC. The van der Waals surface area contributed by atoms with Gasteiger partial charge in [-0.05, 0) is 45.4 Å². The van der Waals surface area contributed by atoms with Crippen molar-refractivity contribution in [2.75, 3.05) is 11.9 Å². The van der Waals surface area contributed by atoms with Gasteiger partial charge < -0.3 is 14.6 Å². The van der Waals surface area contributed by atoms with Crippen molar-refractivity contribution in [3.05, 3.63) is 65.0 Å². The van der Waals surface area contributed by atoms with Crippen molar-refractivity contribution in [3.8, 4) is 0 Å². The molecule has 0 spiro atoms. The number of aryl methyl sites for hydroxylation is 1. The highest BCUT2D eigenvalue weighted by Gasteiger charge is 2.26. The highest BCUT2D eigenvalue weighted by atomic mass is 16.5. The van der Waals surface area contributed by atoms with Gasteiger partial charge in [0.25, 0.3) is 5.91 Å². The summed E-state index contributed by atoms with van der Waals surface area (Å²) in [5.74, 6) is -0.674. The fourth-order valence-electron chi connectivity index (χ4n) is 2.88. The number of carbonyl (C=O) groups is 2. The summed E-state index contributed by atoms with van der Waals surface area (Å²) in [7, 11) is 0. The van der Waals surface area contributed by atoms with Crippen LogP contribution in [-0.4, -0.2) is 23.1 Å². The number of hydrogen-bond donors (Lipinski definition) is 1. The van der Waals surface area contributed by atoms with Crippen LogP contribution < -0.4 is 5.32 Å². The second kappa shape index (κ2) is 7.83. The number of ether oxygens (including phenoxy) is 1. The van der Waals surface area contributed by atoms with Crippen LogP contribution in [0.15, 0.2) is 36.9 Å². The van der Waals surface area contributed by atoms with Gasteiger partial charge in [-0.1, -0.05) is 23.8 Å². The van der Waals surface area contributed by atoms with Gasteiger partial charge in [0.1, 0.15) is 5.69 Å². The molecule has 0 saturated carbocycles. The molecule has 0 aliphatic carbocycles. The zero-order valence-electron chi connectivity index (χ0n) is 15.2. The van der Waals surface area contributed by atoms with E-state index >= 15 is 0 Å². The van der Waals surface area contributed by atoms with Gasteiger partial charge in [0.2, 0.25) is 0 Å². The second-order valence-electron chi connectivity index (χ2n) is 5.87. The number of rotatable bonds is 6. The summed E-state index contributed by atoms with van der Waals surface area (Å²) >= 11 is 0. The average molecular weight is 340 g/mol. The zero-order valence-corrected chi connectivity index (χ0v) is 15.2. The number of amides is 1. The molecule has 0 atom stereocenters. The quantitative estimate of drug-likeness (QED) is 0.638. The van der Waals surface area contributed by atoms with Gasteiger partial charge in [0.05, 0.1) is 12.2 Å². The van der Waals surface area contributed by atoms with E-state index in [-0.39, 0.29) is 12.5 Å². The van der Waals surface area contributed by atoms with Gasteiger partial charge in [-0.15, -0.1) is 6.58 Å². The predicted molar refractivity (Wildman–Crippen MR) is 99.2 cm³/mol. The van der Waals surface area contributed by atoms with E-state index in [4.69, 9.17) is 4.74 Å². The Labute approximate surface area is 148 Å². The van der Waals surface area contributed by atoms with Gasteiger partial charge >= 0.3 is 5.97 Å². The van der Waals surface area contributed by atoms with Gasteiger partial charge in [-0.25, -0.2) is 4.79 Å². The van der Waals surface area contributed by atoms with Crippen LogP contribution in [0.25, 0.3) is 0 Å². The maximum absolute atomic E-state index is 12.8. The fraction of sp³-hybridized carbons (Fsp3) is 0.300. The molecule has 0 bridgehead atoms. The van der Waals surface area contributed by atoms with E-state index in [0.29, 0.717) is 34.7 Å². The Balaban J connectivity index is 2.44. The third-order valence-electron chi connectivity index (χ3n) is 4.08. The molecular formula is C20H24N2O3. The predicted octanol–water partition coefficient (Wildman–Crippen LogP) is 4.03. The number of hydrogen-bond acceptors (Lipinski definition) is 3. The minimum absolute atomic E-state index is 0.243. The Morgan fingerprint density at radius 3 is 2.40 bits per heavy atom. The van der Waals surface area contributed by atoms with Gasteiger partial charge in [-0.2, -0.15) is 0 Å². The molecule has 1 heterocycles. The van der Waals surface area contributed by atoms with Crippen LogP contribution in [0.1, 0.15) is 44.6 Å². The second-order valence-corrected chi connectivity index (χ2v) is 5.87. The molecule has 2 rings (SSSR count). The molecule has 1 aromatic carbocycles. The van der Waals surface area contributed by atoms with Crippen LogP contribution in [0.2, 0.25) is 0 Å². The smallest absolute Gasteiger partial charge is 0.355 e. The summed E-state index contributed by atoms with van der Waals surface area (Å²) in [6, 6.07) is 7.57. The monoisotopic (exact) mass is 340 g/mol. The normalized spacial score (nSPS) is 10.4. The van der Waals surface area contributed by atoms with E-state index < -0.39 is 5.97 Å². The van der Waals surface area contributed by atoms with Crippen molar-refractivity contribution < 1.29 is 14.3 Å². The molecule has 5 heteroatoms. The number of benzene rings is 1. The van der Waals surface area contributed by atoms with Crippen molar-refractivity contribution in [3.63, 3.8) is 0 Å². The summed E-state index contributed by atoms with van der Waals surface area (Å²) in [5, 5.41) is 2.89. The zero-order chi connectivity index (χ0) is 18.6. The van der Waals surface area contributed by atoms with Crippen molar-refractivity contribution in [1.82, 2.24) is 4.57 Å². The van der Waals surface area contributed by atoms with E-state index in [2.05, 4.69) is 11.9 Å². The molecule has 0 unspecified atom stereocenters. The number of aromatic nitrogens is 1. The number of nitrogens with one attached hydrogen (secondary N) is 1. The third-order valence-corrected chi connectivity index (χ3v) is 4.08. The average Bonchev–Trinajstić information content (AvgIpc) is 2.81. The Kier molecular flexibility index (Phi) is 5.80. The lowest BCUT2D eigenvalue weighted by Gasteiger charge is -2.09. The van der Waals surface area contributed by atoms with Crippen LogP contribution in [0, 0.1) is 20.8 Å². The molecule has 1 N–H and O–H groups in total. The molecular weight excluding hydrogens is 316 g/mol. The molecule has 0 saturated heterocycles. The molecule has 5 nitrogen and oxygen atoms in total. The van der Waals surface area contributed by atoms with Crippen LogP contribution in [-0.2, 0) is 11.3 Å². The lowest BCUT2D eigenvalue weighted by molar-refractivity contribution is 0.0513. The molecule has 2 aromatic rings. The largest absolute Gasteiger partial charge is 0.461 e. The first-order valence-electron chi connectivity index (χ1n) is 8.26. The Morgan fingerprint density at radius 2 is 1.84 bits per heavy atom. The molecule has 0 aliphatic heterocycles. The highest BCUT2D eigenvalue weighted by Crippen LogP contribution is 2.24. The molecule has 0 fully saturated rings. The van der Waals surface area contributed by atoms with E-state index in [1.807, 2.05) is 38.1 Å². The van der Waals surface area contributed by atoms with Crippen molar-refractivity contribution in [2.45, 2.75) is 34.2 Å². The first-order chi connectivity index (χ1) is 11.9. The summed E-state index contributed by atoms with van der Waals surface area (Å²) in [6.07, 6.45) is 1.69. The number of carbonyl (C=O) groups excluding carboxylic acids is 2. The van der Waals surface area contributed by atoms with Crippen molar-refractivity contribution >= 4 is 17.6 Å². The Bertz CT molecular complexity index is 801. The summed E-state index contributed by atoms with van der Waals surface area (Å²) in [5.41, 5.74) is 4.04. The highest BCUT2D eigenvalue weighted by molar-refractivity contribution is 6.08. The Hall–Kier alpha value is -2.82. The molecule has 1 aromatic heterocycles. The maximum atomic E-state index is 12.8. The summed E-state index contributed by atoms with van der Waals surface area (Å²) in [6.45, 7) is 11.8. The van der Waals surface area contributed by atoms with Gasteiger partial charge in [0.15, 0.2) is 0 Å². The number of nitrogens with zero attached hydrogens (tertiary/aromatic N) is 1. The third kappa shape index (κ3) is 3.82. The minimum atomic E-state index is -0.431. The molecule has 0 radical (unpaired) electrons. The fourth-order valence-corrected chi connectivity index (χ4v) is 2.88. The van der Waals surface area contributed by atoms with E-state index in [1.165, 1.54) is 0 Å². The minimum Gasteiger partial charge on any atom is -0.461 e. The molecule has 1 amide bonds. The molecule has 0 aliphatic rings. The van der Waals surface area contributed by atoms with E-state index in [9.17, 15) is 9.59 Å². The summed E-state index contributed by atoms with van der Waals surface area (Å²) < 4.78 is 6.92. The van der Waals surface area contributed by atoms with Crippen molar-refractivity contribution in [2.24, 2.45) is 0 Å². The van der Waals surface area contributed by atoms with Gasteiger partial charge in [-0.3, -0.25) is 4.79 Å². The Morgan fingerprint density at radius 1 is 1.20 bits per heavy atom. The van der Waals surface area contributed by atoms with Crippen LogP contribution >= 0.6 is 0 Å². The first-order valence-corrected chi connectivity index (χ1v) is 8.26. The lowest BCUT2D eigenvalue weighted by Crippen LogP contribution is -2.14. The molecule has 132 valence electrons. The van der Waals surface area contributed by atoms with Crippen molar-refractivity contribution in [1.29, 1.82) is 0 Å². The standard InChI is InChI=1S/C20H24N2O3/c1-6-12-22-15(5)17(14(4)18(22)20(24)25-7-2)19(23)21-16-10-8-13(3)9-11-16/h6,8-11H,1,7,12H2,2-5H3,(H,21,23). The van der Waals surface area contributed by atoms with E-state index in [1.54, 1.807) is 24.5 Å². The summed E-state index contributed by atoms with van der Waals surface area (Å²) in [4.78, 5) is 25.1. The van der Waals surface area contributed by atoms with Crippen LogP contribution in [0.3, 0.4) is 0 Å². The van der Waals surface area contributed by atoms with Crippen LogP contribution in [0.4, 0.5) is 5.69 Å². The molecule has 25 heavy (non-hydrogen) atoms. The number of allylic oxidation sites excluding steroid dienone is 1. The lowest BCUT2D eigenvalue weighted by atomic mass is 10.1. The maximum Gasteiger partial charge on any atom is 0.355 e. The van der Waals surface area contributed by atoms with E-state index in [0.717, 1.165) is 5.56 Å². The number of esters is 1.